The Labute approximate surface area is 137 Å². The zero-order chi connectivity index (χ0) is 16.5. The van der Waals surface area contributed by atoms with Gasteiger partial charge in [-0.1, -0.05) is 5.16 Å². The van der Waals surface area contributed by atoms with Crippen molar-refractivity contribution in [3.8, 4) is 0 Å². The van der Waals surface area contributed by atoms with Crippen molar-refractivity contribution in [3.05, 3.63) is 41.6 Å². The maximum atomic E-state index is 13.4. The van der Waals surface area contributed by atoms with Gasteiger partial charge in [-0.3, -0.25) is 4.90 Å². The van der Waals surface area contributed by atoms with E-state index in [4.69, 9.17) is 9.26 Å². The molecule has 3 aromatic rings. The first-order valence-corrected chi connectivity index (χ1v) is 7.92. The van der Waals surface area contributed by atoms with Crippen LogP contribution in [0.15, 0.2) is 22.7 Å². The molecule has 1 aliphatic rings. The molecule has 126 valence electrons. The summed E-state index contributed by atoms with van der Waals surface area (Å²) in [6.45, 7) is 1.83. The Balaban J connectivity index is 1.54. The minimum atomic E-state index is -0.265. The van der Waals surface area contributed by atoms with E-state index in [0.717, 1.165) is 36.2 Å². The number of methoxy groups -OCH3 is 1. The molecular formula is C16H18FN5O2. The fraction of sp³-hybridized carbons (Fsp3) is 0.438. The van der Waals surface area contributed by atoms with Gasteiger partial charge in [0.05, 0.1) is 23.6 Å². The van der Waals surface area contributed by atoms with Gasteiger partial charge in [0.25, 0.3) is 5.89 Å². The number of nitrogens with zero attached hydrogens (tertiary/aromatic N) is 4. The Kier molecular flexibility index (Phi) is 3.99. The Morgan fingerprint density at radius 2 is 2.33 bits per heavy atom. The second-order valence-electron chi connectivity index (χ2n) is 5.95. The topological polar surface area (TPSA) is 80.1 Å². The van der Waals surface area contributed by atoms with Gasteiger partial charge in [0.15, 0.2) is 5.82 Å². The average molecular weight is 331 g/mol. The van der Waals surface area contributed by atoms with Crippen molar-refractivity contribution in [2.24, 2.45) is 0 Å². The number of likely N-dealkylation sites (tertiary alicyclic amines) is 1. The first-order chi connectivity index (χ1) is 11.7. The first kappa shape index (κ1) is 15.2. The number of rotatable bonds is 5. The summed E-state index contributed by atoms with van der Waals surface area (Å²) in [7, 11) is 1.59. The summed E-state index contributed by atoms with van der Waals surface area (Å²) < 4.78 is 23.5. The molecule has 1 N–H and O–H groups in total. The summed E-state index contributed by atoms with van der Waals surface area (Å²) in [6.07, 6.45) is 2.06. The molecule has 0 bridgehead atoms. The van der Waals surface area contributed by atoms with E-state index in [9.17, 15) is 4.39 Å². The Morgan fingerprint density at radius 1 is 1.42 bits per heavy atom. The Morgan fingerprint density at radius 3 is 3.21 bits per heavy atom. The van der Waals surface area contributed by atoms with Gasteiger partial charge in [-0.05, 0) is 37.6 Å². The molecule has 3 heterocycles. The lowest BCUT2D eigenvalue weighted by molar-refractivity contribution is 0.151. The number of imidazole rings is 1. The molecule has 1 atom stereocenters. The molecule has 1 aliphatic heterocycles. The molecule has 1 saturated heterocycles. The molecule has 8 heteroatoms. The van der Waals surface area contributed by atoms with Crippen LogP contribution in [0.3, 0.4) is 0 Å². The molecule has 24 heavy (non-hydrogen) atoms. The zero-order valence-corrected chi connectivity index (χ0v) is 13.3. The van der Waals surface area contributed by atoms with Crippen molar-refractivity contribution in [2.75, 3.05) is 13.7 Å². The third-order valence-electron chi connectivity index (χ3n) is 4.26. The van der Waals surface area contributed by atoms with Crippen molar-refractivity contribution in [1.82, 2.24) is 25.0 Å². The normalized spacial score (nSPS) is 18.7. The number of halogens is 1. The van der Waals surface area contributed by atoms with Crippen LogP contribution in [0, 0.1) is 5.82 Å². The van der Waals surface area contributed by atoms with Crippen LogP contribution in [-0.4, -0.2) is 38.7 Å². The Hall–Kier alpha value is -2.32. The molecule has 2 aromatic heterocycles. The van der Waals surface area contributed by atoms with E-state index < -0.39 is 0 Å². The summed E-state index contributed by atoms with van der Waals surface area (Å²) in [5, 5.41) is 3.99. The van der Waals surface area contributed by atoms with E-state index >= 15 is 0 Å². The van der Waals surface area contributed by atoms with Gasteiger partial charge in [-0.2, -0.15) is 4.98 Å². The number of hydrogen-bond acceptors (Lipinski definition) is 6. The van der Waals surface area contributed by atoms with Crippen LogP contribution in [0.25, 0.3) is 11.0 Å². The van der Waals surface area contributed by atoms with Crippen LogP contribution in [0.4, 0.5) is 4.39 Å². The lowest BCUT2D eigenvalue weighted by atomic mass is 10.2. The minimum absolute atomic E-state index is 0.143. The second kappa shape index (κ2) is 6.29. The third-order valence-corrected chi connectivity index (χ3v) is 4.26. The van der Waals surface area contributed by atoms with Crippen LogP contribution < -0.4 is 0 Å². The number of H-pyrrole nitrogens is 1. The van der Waals surface area contributed by atoms with E-state index in [0.29, 0.717) is 24.9 Å². The third kappa shape index (κ3) is 2.90. The molecule has 0 aliphatic carbocycles. The molecular weight excluding hydrogens is 313 g/mol. The van der Waals surface area contributed by atoms with Crippen molar-refractivity contribution in [1.29, 1.82) is 0 Å². The number of nitrogens with one attached hydrogen (secondary N) is 1. The molecule has 7 nitrogen and oxygen atoms in total. The summed E-state index contributed by atoms with van der Waals surface area (Å²) in [5.41, 5.74) is 1.50. The predicted molar refractivity (Wildman–Crippen MR) is 83.4 cm³/mol. The van der Waals surface area contributed by atoms with Crippen molar-refractivity contribution in [3.63, 3.8) is 0 Å². The highest BCUT2D eigenvalue weighted by atomic mass is 19.1. The summed E-state index contributed by atoms with van der Waals surface area (Å²) in [5.74, 6) is 1.70. The van der Waals surface area contributed by atoms with E-state index in [2.05, 4.69) is 25.0 Å². The highest BCUT2D eigenvalue weighted by molar-refractivity contribution is 5.75. The number of hydrogen-bond donors (Lipinski definition) is 1. The standard InChI is InChI=1S/C16H18FN5O2/c1-23-9-15-20-14(21-24-15)8-22-6-2-3-13(22)16-18-11-5-4-10(17)7-12(11)19-16/h4-5,7,13H,2-3,6,8-9H2,1H3,(H,18,19)/t13-/m1/s1. The molecule has 0 radical (unpaired) electrons. The van der Waals surface area contributed by atoms with Gasteiger partial charge >= 0.3 is 0 Å². The van der Waals surface area contributed by atoms with Gasteiger partial charge in [0.1, 0.15) is 18.2 Å². The molecule has 0 saturated carbocycles. The molecule has 4 rings (SSSR count). The Bertz CT molecular complexity index is 846. The average Bonchev–Trinajstić information content (AvgIpc) is 3.27. The lowest BCUT2D eigenvalue weighted by Crippen LogP contribution is -2.24. The second-order valence-corrected chi connectivity index (χ2v) is 5.95. The highest BCUT2D eigenvalue weighted by Gasteiger charge is 2.29. The molecule has 1 fully saturated rings. The van der Waals surface area contributed by atoms with Gasteiger partial charge in [-0.25, -0.2) is 9.37 Å². The molecule has 0 amide bonds. The lowest BCUT2D eigenvalue weighted by Gasteiger charge is -2.20. The first-order valence-electron chi connectivity index (χ1n) is 7.92. The SMILES string of the molecule is COCc1nc(CN2CCC[C@@H]2c2nc3ccc(F)cc3[nH]2)no1. The van der Waals surface area contributed by atoms with Crippen LogP contribution in [0.1, 0.15) is 36.4 Å². The number of benzene rings is 1. The fourth-order valence-corrected chi connectivity index (χ4v) is 3.20. The molecule has 0 unspecified atom stereocenters. The van der Waals surface area contributed by atoms with E-state index in [1.54, 1.807) is 13.2 Å². The number of fused-ring (bicyclic) bond motifs is 1. The van der Waals surface area contributed by atoms with Gasteiger partial charge in [0.2, 0.25) is 0 Å². The number of aromatic amines is 1. The van der Waals surface area contributed by atoms with Crippen molar-refractivity contribution in [2.45, 2.75) is 32.0 Å². The summed E-state index contributed by atoms with van der Waals surface area (Å²) in [6, 6.07) is 4.74. The van der Waals surface area contributed by atoms with Gasteiger partial charge in [0, 0.05) is 7.11 Å². The van der Waals surface area contributed by atoms with E-state index in [1.807, 2.05) is 0 Å². The largest absolute Gasteiger partial charge is 0.375 e. The van der Waals surface area contributed by atoms with E-state index in [-0.39, 0.29) is 11.9 Å². The van der Waals surface area contributed by atoms with Crippen LogP contribution in [0.5, 0.6) is 0 Å². The molecule has 0 spiro atoms. The summed E-state index contributed by atoms with van der Waals surface area (Å²) in [4.78, 5) is 14.4. The van der Waals surface area contributed by atoms with Crippen molar-refractivity contribution < 1.29 is 13.7 Å². The van der Waals surface area contributed by atoms with Crippen LogP contribution >= 0.6 is 0 Å². The van der Waals surface area contributed by atoms with Gasteiger partial charge in [-0.15, -0.1) is 0 Å². The zero-order valence-electron chi connectivity index (χ0n) is 13.3. The summed E-state index contributed by atoms with van der Waals surface area (Å²) >= 11 is 0. The highest BCUT2D eigenvalue weighted by Crippen LogP contribution is 2.32. The number of aromatic nitrogens is 4. The minimum Gasteiger partial charge on any atom is -0.375 e. The monoisotopic (exact) mass is 331 g/mol. The van der Waals surface area contributed by atoms with Crippen LogP contribution in [-0.2, 0) is 17.9 Å². The maximum Gasteiger partial charge on any atom is 0.252 e. The quantitative estimate of drug-likeness (QED) is 0.774. The number of ether oxygens (including phenoxy) is 1. The maximum absolute atomic E-state index is 13.4. The van der Waals surface area contributed by atoms with Crippen molar-refractivity contribution >= 4 is 11.0 Å². The van der Waals surface area contributed by atoms with Gasteiger partial charge < -0.3 is 14.2 Å². The van der Waals surface area contributed by atoms with E-state index in [1.165, 1.54) is 12.1 Å². The van der Waals surface area contributed by atoms with Crippen LogP contribution in [0.2, 0.25) is 0 Å². The smallest absolute Gasteiger partial charge is 0.252 e. The predicted octanol–water partition coefficient (Wildman–Crippen LogP) is 2.57. The fourth-order valence-electron chi connectivity index (χ4n) is 3.20. The molecule has 1 aromatic carbocycles.